The first-order chi connectivity index (χ1) is 12.1. The van der Waals surface area contributed by atoms with Gasteiger partial charge in [-0.2, -0.15) is 0 Å². The second-order valence-electron chi connectivity index (χ2n) is 6.24. The van der Waals surface area contributed by atoms with Gasteiger partial charge in [-0.15, -0.1) is 0 Å². The number of Topliss-reactive ketones (excluding diaryl/α,β-unsaturated/α-hetero) is 1. The van der Waals surface area contributed by atoms with Gasteiger partial charge in [0.15, 0.2) is 5.78 Å². The van der Waals surface area contributed by atoms with E-state index in [0.29, 0.717) is 11.3 Å². The van der Waals surface area contributed by atoms with Gasteiger partial charge in [-0.3, -0.25) is 14.5 Å². The highest BCUT2D eigenvalue weighted by molar-refractivity contribution is 6.04. The van der Waals surface area contributed by atoms with Crippen LogP contribution in [0.25, 0.3) is 0 Å². The van der Waals surface area contributed by atoms with Crippen LogP contribution in [0.5, 0.6) is 0 Å². The Labute approximate surface area is 147 Å². The second kappa shape index (κ2) is 7.58. The summed E-state index contributed by atoms with van der Waals surface area (Å²) in [6.45, 7) is 4.10. The Morgan fingerprint density at radius 3 is 2.88 bits per heavy atom. The summed E-state index contributed by atoms with van der Waals surface area (Å²) < 4.78 is 1.98. The number of rotatable bonds is 5. The van der Waals surface area contributed by atoms with E-state index in [9.17, 15) is 9.59 Å². The number of carbonyl (C=O) groups is 2. The van der Waals surface area contributed by atoms with Gasteiger partial charge in [0, 0.05) is 44.6 Å². The summed E-state index contributed by atoms with van der Waals surface area (Å²) in [5.74, 6) is 0.739. The van der Waals surface area contributed by atoms with E-state index in [1.54, 1.807) is 24.4 Å². The van der Waals surface area contributed by atoms with Crippen LogP contribution in [0.2, 0.25) is 0 Å². The Morgan fingerprint density at radius 1 is 1.36 bits per heavy atom. The molecule has 1 unspecified atom stereocenters. The number of imidazole rings is 1. The second-order valence-corrected chi connectivity index (χ2v) is 6.24. The fraction of sp³-hybridized carbons (Fsp3) is 0.389. The topological polar surface area (TPSA) is 79.3 Å². The minimum atomic E-state index is -0.130. The van der Waals surface area contributed by atoms with Crippen LogP contribution >= 0.6 is 0 Å². The summed E-state index contributed by atoms with van der Waals surface area (Å²) in [6.07, 6.45) is 3.68. The van der Waals surface area contributed by atoms with Gasteiger partial charge >= 0.3 is 0 Å². The van der Waals surface area contributed by atoms with Crippen LogP contribution in [-0.2, 0) is 11.8 Å². The molecule has 0 spiro atoms. The van der Waals surface area contributed by atoms with Crippen LogP contribution < -0.4 is 10.6 Å². The molecule has 2 N–H and O–H groups in total. The number of carbonyl (C=O) groups excluding carboxylic acids is 2. The van der Waals surface area contributed by atoms with Crippen molar-refractivity contribution in [2.75, 3.05) is 31.5 Å². The highest BCUT2D eigenvalue weighted by Gasteiger charge is 2.28. The van der Waals surface area contributed by atoms with Crippen molar-refractivity contribution in [2.45, 2.75) is 13.0 Å². The third-order valence-corrected chi connectivity index (χ3v) is 4.44. The lowest BCUT2D eigenvalue weighted by Crippen LogP contribution is -2.49. The van der Waals surface area contributed by atoms with Crippen LogP contribution in [0, 0.1) is 0 Å². The molecule has 1 fully saturated rings. The molecule has 1 atom stereocenters. The van der Waals surface area contributed by atoms with Crippen molar-refractivity contribution < 1.29 is 9.59 Å². The zero-order valence-electron chi connectivity index (χ0n) is 14.5. The number of piperazine rings is 1. The summed E-state index contributed by atoms with van der Waals surface area (Å²) in [7, 11) is 1.96. The summed E-state index contributed by atoms with van der Waals surface area (Å²) in [4.78, 5) is 30.8. The van der Waals surface area contributed by atoms with Crippen LogP contribution in [0.4, 0.5) is 5.69 Å². The maximum absolute atomic E-state index is 12.5. The molecular formula is C18H23N5O2. The average molecular weight is 341 g/mol. The van der Waals surface area contributed by atoms with Crippen molar-refractivity contribution >= 4 is 17.4 Å². The molecule has 0 radical (unpaired) electrons. The minimum Gasteiger partial charge on any atom is -0.337 e. The predicted molar refractivity (Wildman–Crippen MR) is 95.5 cm³/mol. The maximum atomic E-state index is 12.5. The van der Waals surface area contributed by atoms with Crippen LogP contribution in [-0.4, -0.2) is 52.3 Å². The van der Waals surface area contributed by atoms with Crippen LogP contribution in [0.1, 0.15) is 29.1 Å². The van der Waals surface area contributed by atoms with Crippen molar-refractivity contribution in [3.8, 4) is 0 Å². The zero-order valence-corrected chi connectivity index (χ0v) is 14.5. The smallest absolute Gasteiger partial charge is 0.238 e. The fourth-order valence-corrected chi connectivity index (χ4v) is 3.16. The van der Waals surface area contributed by atoms with E-state index in [1.807, 2.05) is 23.9 Å². The molecule has 25 heavy (non-hydrogen) atoms. The molecule has 7 heteroatoms. The number of nitrogens with one attached hydrogen (secondary N) is 2. The number of ketones is 1. The fourth-order valence-electron chi connectivity index (χ4n) is 3.16. The molecule has 132 valence electrons. The quantitative estimate of drug-likeness (QED) is 0.799. The van der Waals surface area contributed by atoms with Gasteiger partial charge in [-0.25, -0.2) is 4.98 Å². The summed E-state index contributed by atoms with van der Waals surface area (Å²) in [5.41, 5.74) is 1.08. The van der Waals surface area contributed by atoms with Gasteiger partial charge < -0.3 is 15.2 Å². The van der Waals surface area contributed by atoms with E-state index in [2.05, 4.69) is 20.5 Å². The van der Waals surface area contributed by atoms with E-state index in [1.165, 1.54) is 6.92 Å². The standard InChI is InChI=1S/C18H23N5O2/c1-13(24)14-5-3-4-6-15(14)21-17(25)12-23-10-7-19-11-16(23)18-20-8-9-22(18)2/h3-6,8-9,16,19H,7,10-12H2,1-2H3,(H,21,25). The summed E-state index contributed by atoms with van der Waals surface area (Å²) in [5, 5.41) is 6.23. The first-order valence-corrected chi connectivity index (χ1v) is 8.38. The molecule has 1 saturated heterocycles. The highest BCUT2D eigenvalue weighted by Crippen LogP contribution is 2.21. The van der Waals surface area contributed by atoms with Crippen molar-refractivity contribution in [3.63, 3.8) is 0 Å². The van der Waals surface area contributed by atoms with E-state index in [4.69, 9.17) is 0 Å². The number of anilines is 1. The third kappa shape index (κ3) is 3.94. The molecule has 1 aromatic heterocycles. The monoisotopic (exact) mass is 341 g/mol. The Hall–Kier alpha value is -2.51. The van der Waals surface area contributed by atoms with E-state index in [0.717, 1.165) is 25.5 Å². The van der Waals surface area contributed by atoms with Gasteiger partial charge in [0.05, 0.1) is 18.3 Å². The van der Waals surface area contributed by atoms with Crippen molar-refractivity contribution in [3.05, 3.63) is 48.0 Å². The number of para-hydroxylation sites is 1. The Bertz CT molecular complexity index is 770. The minimum absolute atomic E-state index is 0.0440. The molecule has 0 aliphatic carbocycles. The third-order valence-electron chi connectivity index (χ3n) is 4.44. The highest BCUT2D eigenvalue weighted by atomic mass is 16.2. The van der Waals surface area contributed by atoms with Gasteiger partial charge in [-0.1, -0.05) is 12.1 Å². The normalized spacial score (nSPS) is 18.1. The molecule has 0 bridgehead atoms. The van der Waals surface area contributed by atoms with E-state index >= 15 is 0 Å². The van der Waals surface area contributed by atoms with Crippen molar-refractivity contribution in [1.29, 1.82) is 0 Å². The lowest BCUT2D eigenvalue weighted by molar-refractivity contribution is -0.118. The molecule has 1 amide bonds. The summed E-state index contributed by atoms with van der Waals surface area (Å²) in [6, 6.07) is 7.12. The number of hydrogen-bond donors (Lipinski definition) is 2. The zero-order chi connectivity index (χ0) is 17.8. The van der Waals surface area contributed by atoms with Crippen LogP contribution in [0.3, 0.4) is 0 Å². The Kier molecular flexibility index (Phi) is 5.25. The molecule has 7 nitrogen and oxygen atoms in total. The number of nitrogens with zero attached hydrogens (tertiary/aromatic N) is 3. The SMILES string of the molecule is CC(=O)c1ccccc1NC(=O)CN1CCNCC1c1nccn1C. The largest absolute Gasteiger partial charge is 0.337 e. The maximum Gasteiger partial charge on any atom is 0.238 e. The van der Waals surface area contributed by atoms with E-state index < -0.39 is 0 Å². The molecular weight excluding hydrogens is 318 g/mol. The number of amides is 1. The molecule has 1 aliphatic heterocycles. The number of hydrogen-bond acceptors (Lipinski definition) is 5. The predicted octanol–water partition coefficient (Wildman–Crippen LogP) is 1.21. The molecule has 3 rings (SSSR count). The number of aromatic nitrogens is 2. The number of benzene rings is 1. The van der Waals surface area contributed by atoms with Crippen molar-refractivity contribution in [1.82, 2.24) is 19.8 Å². The lowest BCUT2D eigenvalue weighted by Gasteiger charge is -2.35. The Balaban J connectivity index is 1.71. The average Bonchev–Trinajstić information content (AvgIpc) is 3.01. The Morgan fingerprint density at radius 2 is 2.16 bits per heavy atom. The molecule has 1 aliphatic rings. The molecule has 0 saturated carbocycles. The summed E-state index contributed by atoms with van der Waals surface area (Å²) >= 11 is 0. The first kappa shape index (κ1) is 17.3. The van der Waals surface area contributed by atoms with Gasteiger partial charge in [0.25, 0.3) is 0 Å². The van der Waals surface area contributed by atoms with Crippen molar-refractivity contribution in [2.24, 2.45) is 7.05 Å². The molecule has 2 heterocycles. The number of aryl methyl sites for hydroxylation is 1. The lowest BCUT2D eigenvalue weighted by atomic mass is 10.1. The van der Waals surface area contributed by atoms with Crippen LogP contribution in [0.15, 0.2) is 36.7 Å². The van der Waals surface area contributed by atoms with Gasteiger partial charge in [0.2, 0.25) is 5.91 Å². The first-order valence-electron chi connectivity index (χ1n) is 8.38. The van der Waals surface area contributed by atoms with Gasteiger partial charge in [-0.05, 0) is 19.1 Å². The molecule has 2 aromatic rings. The molecule has 1 aromatic carbocycles. The van der Waals surface area contributed by atoms with E-state index in [-0.39, 0.29) is 24.3 Å². The van der Waals surface area contributed by atoms with Gasteiger partial charge in [0.1, 0.15) is 5.82 Å².